The van der Waals surface area contributed by atoms with Crippen LogP contribution in [0.1, 0.15) is 0 Å². The molecule has 0 aliphatic rings. The Labute approximate surface area is 339 Å². The predicted molar refractivity (Wildman–Crippen MR) is 243 cm³/mol. The van der Waals surface area contributed by atoms with Crippen LogP contribution in [0.3, 0.4) is 0 Å². The largest absolute Gasteiger partial charge is 0.248 e. The molecular weight excluding hydrogens is 701 g/mol. The van der Waals surface area contributed by atoms with Gasteiger partial charge >= 0.3 is 0 Å². The molecule has 272 valence electrons. The standard InChI is InChI=1S/C56H38N2/c1-5-17-39(18-6-1)47-35-53(40-19-7-2-8-20-40)58-56(36-47)46-28-16-27-45(34-46)50-32-31-49(51-29-13-14-30-52(50)51)44-26-15-25-43(33-44)48-37-54(41-21-9-3-10-22-41)57-55(38-48)42-23-11-4-12-24-42/h1-38H. The maximum absolute atomic E-state index is 5.22. The van der Waals surface area contributed by atoms with Gasteiger partial charge < -0.3 is 0 Å². The first-order chi connectivity index (χ1) is 28.7. The van der Waals surface area contributed by atoms with Gasteiger partial charge in [-0.15, -0.1) is 0 Å². The second kappa shape index (κ2) is 15.5. The van der Waals surface area contributed by atoms with Gasteiger partial charge in [0, 0.05) is 22.3 Å². The zero-order valence-electron chi connectivity index (χ0n) is 31.8. The number of nitrogens with zero attached hydrogens (tertiary/aromatic N) is 2. The first-order valence-electron chi connectivity index (χ1n) is 19.7. The summed E-state index contributed by atoms with van der Waals surface area (Å²) in [7, 11) is 0. The van der Waals surface area contributed by atoms with Crippen LogP contribution < -0.4 is 0 Å². The molecule has 58 heavy (non-hydrogen) atoms. The highest BCUT2D eigenvalue weighted by molar-refractivity contribution is 6.05. The molecule has 10 aromatic rings. The van der Waals surface area contributed by atoms with E-state index in [1.54, 1.807) is 0 Å². The van der Waals surface area contributed by atoms with E-state index in [0.717, 1.165) is 67.3 Å². The molecule has 10 rings (SSSR count). The molecule has 0 aliphatic carbocycles. The van der Waals surface area contributed by atoms with Gasteiger partial charge in [0.25, 0.3) is 0 Å². The second-order valence-corrected chi connectivity index (χ2v) is 14.6. The number of rotatable bonds is 8. The Morgan fingerprint density at radius 2 is 0.500 bits per heavy atom. The van der Waals surface area contributed by atoms with Crippen molar-refractivity contribution in [2.75, 3.05) is 0 Å². The first-order valence-corrected chi connectivity index (χ1v) is 19.7. The van der Waals surface area contributed by atoms with Crippen molar-refractivity contribution in [1.29, 1.82) is 0 Å². The lowest BCUT2D eigenvalue weighted by Gasteiger charge is -2.15. The maximum atomic E-state index is 5.22. The Bertz CT molecular complexity index is 2700. The van der Waals surface area contributed by atoms with Gasteiger partial charge in [-0.1, -0.05) is 194 Å². The number of hydrogen-bond donors (Lipinski definition) is 0. The molecule has 0 unspecified atom stereocenters. The highest BCUT2D eigenvalue weighted by atomic mass is 14.7. The molecule has 2 nitrogen and oxygen atoms in total. The molecule has 2 aromatic heterocycles. The second-order valence-electron chi connectivity index (χ2n) is 14.6. The van der Waals surface area contributed by atoms with Gasteiger partial charge in [0.15, 0.2) is 0 Å². The summed E-state index contributed by atoms with van der Waals surface area (Å²) in [6.07, 6.45) is 0. The normalized spacial score (nSPS) is 11.1. The van der Waals surface area contributed by atoms with E-state index in [0.29, 0.717) is 0 Å². The van der Waals surface area contributed by atoms with Crippen LogP contribution in [0.2, 0.25) is 0 Å². The SMILES string of the molecule is c1ccc(-c2cc(-c3ccccc3)nc(-c3cccc(-c4ccc(-c5cccc(-c6cc(-c7ccccc7)nc(-c7ccccc7)c6)c5)c5ccccc45)c3)c2)cc1. The first kappa shape index (κ1) is 34.8. The zero-order valence-corrected chi connectivity index (χ0v) is 31.8. The number of fused-ring (bicyclic) bond motifs is 1. The highest BCUT2D eigenvalue weighted by Gasteiger charge is 2.15. The Morgan fingerprint density at radius 1 is 0.190 bits per heavy atom. The topological polar surface area (TPSA) is 25.8 Å². The molecule has 0 N–H and O–H groups in total. The van der Waals surface area contributed by atoms with Gasteiger partial charge in [0.05, 0.1) is 22.8 Å². The summed E-state index contributed by atoms with van der Waals surface area (Å²) in [5.41, 5.74) is 17.5. The van der Waals surface area contributed by atoms with Crippen molar-refractivity contribution in [1.82, 2.24) is 9.97 Å². The molecule has 8 aromatic carbocycles. The molecule has 0 spiro atoms. The average Bonchev–Trinajstić information content (AvgIpc) is 3.32. The van der Waals surface area contributed by atoms with Gasteiger partial charge in [-0.2, -0.15) is 0 Å². The quantitative estimate of drug-likeness (QED) is 0.155. The van der Waals surface area contributed by atoms with E-state index in [2.05, 4.69) is 212 Å². The number of hydrogen-bond acceptors (Lipinski definition) is 2. The third kappa shape index (κ3) is 7.00. The van der Waals surface area contributed by atoms with Crippen molar-refractivity contribution in [2.45, 2.75) is 0 Å². The van der Waals surface area contributed by atoms with Crippen LogP contribution >= 0.6 is 0 Å². The van der Waals surface area contributed by atoms with Crippen LogP contribution in [0.5, 0.6) is 0 Å². The fourth-order valence-corrected chi connectivity index (χ4v) is 7.96. The molecule has 2 heterocycles. The minimum Gasteiger partial charge on any atom is -0.248 e. The number of pyridine rings is 2. The zero-order chi connectivity index (χ0) is 38.7. The van der Waals surface area contributed by atoms with Crippen LogP contribution in [0.25, 0.3) is 100 Å². The van der Waals surface area contributed by atoms with Crippen molar-refractivity contribution < 1.29 is 0 Å². The molecule has 0 saturated heterocycles. The third-order valence-electron chi connectivity index (χ3n) is 10.9. The highest BCUT2D eigenvalue weighted by Crippen LogP contribution is 2.39. The smallest absolute Gasteiger partial charge is 0.0715 e. The van der Waals surface area contributed by atoms with Crippen LogP contribution in [0.4, 0.5) is 0 Å². The summed E-state index contributed by atoms with van der Waals surface area (Å²) >= 11 is 0. The van der Waals surface area contributed by atoms with Crippen molar-refractivity contribution in [3.63, 3.8) is 0 Å². The summed E-state index contributed by atoms with van der Waals surface area (Å²) in [4.78, 5) is 10.3. The van der Waals surface area contributed by atoms with Crippen LogP contribution in [0, 0.1) is 0 Å². The molecular formula is C56H38N2. The summed E-state index contributed by atoms with van der Waals surface area (Å²) in [6.45, 7) is 0. The summed E-state index contributed by atoms with van der Waals surface area (Å²) in [5, 5.41) is 2.42. The number of benzene rings is 8. The van der Waals surface area contributed by atoms with Crippen LogP contribution in [-0.4, -0.2) is 9.97 Å². The minimum atomic E-state index is 0.946. The van der Waals surface area contributed by atoms with E-state index >= 15 is 0 Å². The lowest BCUT2D eigenvalue weighted by Crippen LogP contribution is -1.92. The van der Waals surface area contributed by atoms with Crippen molar-refractivity contribution >= 4 is 10.8 Å². The summed E-state index contributed by atoms with van der Waals surface area (Å²) in [6, 6.07) is 81.7. The molecule has 0 saturated carbocycles. The average molecular weight is 739 g/mol. The van der Waals surface area contributed by atoms with Crippen LogP contribution in [0.15, 0.2) is 231 Å². The van der Waals surface area contributed by atoms with Crippen molar-refractivity contribution in [3.8, 4) is 89.5 Å². The summed E-state index contributed by atoms with van der Waals surface area (Å²) in [5.74, 6) is 0. The lowest BCUT2D eigenvalue weighted by atomic mass is 9.90. The van der Waals surface area contributed by atoms with Gasteiger partial charge in [0.1, 0.15) is 0 Å². The lowest BCUT2D eigenvalue weighted by molar-refractivity contribution is 1.32. The molecule has 0 radical (unpaired) electrons. The van der Waals surface area contributed by atoms with E-state index in [9.17, 15) is 0 Å². The fourth-order valence-electron chi connectivity index (χ4n) is 7.96. The van der Waals surface area contributed by atoms with Crippen LogP contribution in [-0.2, 0) is 0 Å². The van der Waals surface area contributed by atoms with E-state index in [-0.39, 0.29) is 0 Å². The van der Waals surface area contributed by atoms with E-state index in [1.165, 1.54) is 33.0 Å². The molecule has 2 heteroatoms. The molecule has 0 fully saturated rings. The maximum Gasteiger partial charge on any atom is 0.0715 e. The van der Waals surface area contributed by atoms with E-state index in [1.807, 2.05) is 18.2 Å². The molecule has 0 bridgehead atoms. The van der Waals surface area contributed by atoms with Gasteiger partial charge in [0.2, 0.25) is 0 Å². The molecule has 0 atom stereocenters. The Hall–Kier alpha value is -7.68. The Balaban J connectivity index is 1.05. The predicted octanol–water partition coefficient (Wildman–Crippen LogP) is 15.0. The van der Waals surface area contributed by atoms with Gasteiger partial charge in [-0.25, -0.2) is 9.97 Å². The van der Waals surface area contributed by atoms with E-state index in [4.69, 9.17) is 9.97 Å². The van der Waals surface area contributed by atoms with Crippen molar-refractivity contribution in [2.24, 2.45) is 0 Å². The van der Waals surface area contributed by atoms with E-state index < -0.39 is 0 Å². The monoisotopic (exact) mass is 738 g/mol. The Morgan fingerprint density at radius 3 is 0.948 bits per heavy atom. The van der Waals surface area contributed by atoms with Gasteiger partial charge in [-0.3, -0.25) is 0 Å². The van der Waals surface area contributed by atoms with Crippen molar-refractivity contribution in [3.05, 3.63) is 231 Å². The summed E-state index contributed by atoms with van der Waals surface area (Å²) < 4.78 is 0. The molecule has 0 aliphatic heterocycles. The number of aromatic nitrogens is 2. The minimum absolute atomic E-state index is 0.946. The molecule has 0 amide bonds. The fraction of sp³-hybridized carbons (Fsp3) is 0. The third-order valence-corrected chi connectivity index (χ3v) is 10.9. The Kier molecular flexibility index (Phi) is 9.27. The van der Waals surface area contributed by atoms with Gasteiger partial charge in [-0.05, 0) is 91.7 Å².